The summed E-state index contributed by atoms with van der Waals surface area (Å²) in [4.78, 5) is 36.1. The molecule has 0 spiro atoms. The summed E-state index contributed by atoms with van der Waals surface area (Å²) in [5.74, 6) is 0.0328. The van der Waals surface area contributed by atoms with Gasteiger partial charge in [-0.2, -0.15) is 11.8 Å². The van der Waals surface area contributed by atoms with Crippen LogP contribution in [0, 0.1) is 0 Å². The van der Waals surface area contributed by atoms with Crippen molar-refractivity contribution in [1.82, 2.24) is 4.90 Å². The Hall–Kier alpha value is -2.02. The monoisotopic (exact) mass is 307 g/mol. The number of nitrogens with one attached hydrogen (secondary N) is 1. The Morgan fingerprint density at radius 2 is 2.05 bits per heavy atom. The van der Waals surface area contributed by atoms with E-state index in [-0.39, 0.29) is 30.5 Å². The second-order valence-corrected chi connectivity index (χ2v) is 5.83. The van der Waals surface area contributed by atoms with Crippen molar-refractivity contribution in [1.29, 1.82) is 0 Å². The van der Waals surface area contributed by atoms with Crippen molar-refractivity contribution >= 4 is 35.2 Å². The number of hydrogen-bond donors (Lipinski definition) is 2. The van der Waals surface area contributed by atoms with Gasteiger partial charge in [-0.3, -0.25) is 14.4 Å². The highest BCUT2D eigenvalue weighted by atomic mass is 32.2. The molecule has 0 fully saturated rings. The zero-order chi connectivity index (χ0) is 15.2. The molecule has 6 nitrogen and oxygen atoms in total. The standard InChI is InChI=1S/C14H17N3O3S/c15-12(18)9-21-6-5-14(20)17-7-10-3-1-2-4-11(10)16-13(19)8-17/h1-4H,5-9H2,(H2,15,18)(H,16,19). The van der Waals surface area contributed by atoms with Gasteiger partial charge in [-0.05, 0) is 11.6 Å². The second kappa shape index (κ2) is 7.12. The quantitative estimate of drug-likeness (QED) is 0.778. The molecule has 2 rings (SSSR count). The van der Waals surface area contributed by atoms with E-state index >= 15 is 0 Å². The summed E-state index contributed by atoms with van der Waals surface area (Å²) in [5.41, 5.74) is 6.70. The Morgan fingerprint density at radius 1 is 1.29 bits per heavy atom. The van der Waals surface area contributed by atoms with Gasteiger partial charge in [0.05, 0.1) is 5.75 Å². The van der Waals surface area contributed by atoms with E-state index in [1.165, 1.54) is 16.7 Å². The molecule has 112 valence electrons. The zero-order valence-corrected chi connectivity index (χ0v) is 12.3. The van der Waals surface area contributed by atoms with Crippen molar-refractivity contribution in [3.63, 3.8) is 0 Å². The lowest BCUT2D eigenvalue weighted by molar-refractivity contribution is -0.134. The highest BCUT2D eigenvalue weighted by molar-refractivity contribution is 7.99. The third kappa shape index (κ3) is 4.49. The van der Waals surface area contributed by atoms with Crippen LogP contribution in [0.3, 0.4) is 0 Å². The Kier molecular flexibility index (Phi) is 5.21. The third-order valence-corrected chi connectivity index (χ3v) is 4.03. The van der Waals surface area contributed by atoms with Crippen LogP contribution in [-0.2, 0) is 20.9 Å². The lowest BCUT2D eigenvalue weighted by Crippen LogP contribution is -2.35. The lowest BCUT2D eigenvalue weighted by Gasteiger charge is -2.19. The molecule has 0 bridgehead atoms. The molecule has 1 aromatic rings. The maximum atomic E-state index is 12.2. The predicted molar refractivity (Wildman–Crippen MR) is 81.6 cm³/mol. The van der Waals surface area contributed by atoms with Gasteiger partial charge >= 0.3 is 0 Å². The molecule has 21 heavy (non-hydrogen) atoms. The molecular formula is C14H17N3O3S. The topological polar surface area (TPSA) is 92.5 Å². The summed E-state index contributed by atoms with van der Waals surface area (Å²) in [6.45, 7) is 0.461. The number of amides is 3. The highest BCUT2D eigenvalue weighted by Crippen LogP contribution is 2.20. The fraction of sp³-hybridized carbons (Fsp3) is 0.357. The van der Waals surface area contributed by atoms with Crippen molar-refractivity contribution in [3.05, 3.63) is 29.8 Å². The van der Waals surface area contributed by atoms with E-state index in [0.29, 0.717) is 12.3 Å². The highest BCUT2D eigenvalue weighted by Gasteiger charge is 2.22. The number of carbonyl (C=O) groups is 3. The third-order valence-electron chi connectivity index (χ3n) is 3.04. The Morgan fingerprint density at radius 3 is 2.81 bits per heavy atom. The van der Waals surface area contributed by atoms with Crippen LogP contribution in [0.25, 0.3) is 0 Å². The minimum absolute atomic E-state index is 0.0496. The second-order valence-electron chi connectivity index (χ2n) is 4.72. The van der Waals surface area contributed by atoms with Crippen molar-refractivity contribution in [2.75, 3.05) is 23.4 Å². The average molecular weight is 307 g/mol. The van der Waals surface area contributed by atoms with E-state index in [0.717, 1.165) is 11.3 Å². The van der Waals surface area contributed by atoms with E-state index < -0.39 is 5.91 Å². The summed E-state index contributed by atoms with van der Waals surface area (Å²) < 4.78 is 0. The molecule has 0 radical (unpaired) electrons. The number of benzene rings is 1. The molecule has 0 aromatic heterocycles. The molecule has 1 aliphatic heterocycles. The number of primary amides is 1. The van der Waals surface area contributed by atoms with Crippen molar-refractivity contribution in [2.24, 2.45) is 5.73 Å². The first-order valence-electron chi connectivity index (χ1n) is 6.58. The first-order valence-corrected chi connectivity index (χ1v) is 7.73. The summed E-state index contributed by atoms with van der Waals surface area (Å²) in [5, 5.41) is 2.79. The molecule has 0 unspecified atom stereocenters. The fourth-order valence-corrected chi connectivity index (χ4v) is 2.74. The molecule has 1 aliphatic rings. The SMILES string of the molecule is NC(=O)CSCCC(=O)N1CC(=O)Nc2ccccc2C1. The maximum absolute atomic E-state index is 12.2. The number of nitrogens with two attached hydrogens (primary N) is 1. The van der Waals surface area contributed by atoms with Gasteiger partial charge in [0, 0.05) is 24.4 Å². The average Bonchev–Trinajstić information content (AvgIpc) is 2.61. The Balaban J connectivity index is 1.95. The largest absolute Gasteiger partial charge is 0.369 e. The molecule has 0 saturated carbocycles. The first-order chi connectivity index (χ1) is 10.1. The number of anilines is 1. The van der Waals surface area contributed by atoms with Crippen molar-refractivity contribution in [2.45, 2.75) is 13.0 Å². The van der Waals surface area contributed by atoms with Crippen LogP contribution in [0.1, 0.15) is 12.0 Å². The maximum Gasteiger partial charge on any atom is 0.244 e. The van der Waals surface area contributed by atoms with Crippen LogP contribution in [0.2, 0.25) is 0 Å². The molecule has 0 atom stereocenters. The number of hydrogen-bond acceptors (Lipinski definition) is 4. The molecule has 0 aliphatic carbocycles. The smallest absolute Gasteiger partial charge is 0.244 e. The van der Waals surface area contributed by atoms with Crippen LogP contribution in [0.4, 0.5) is 5.69 Å². The first kappa shape index (κ1) is 15.4. The van der Waals surface area contributed by atoms with Crippen LogP contribution < -0.4 is 11.1 Å². The molecule has 1 aromatic carbocycles. The number of carbonyl (C=O) groups excluding carboxylic acids is 3. The lowest BCUT2D eigenvalue weighted by atomic mass is 10.1. The van der Waals surface area contributed by atoms with Crippen LogP contribution >= 0.6 is 11.8 Å². The number of nitrogens with zero attached hydrogens (tertiary/aromatic N) is 1. The predicted octanol–water partition coefficient (Wildman–Crippen LogP) is 0.576. The minimum atomic E-state index is -0.393. The van der Waals surface area contributed by atoms with E-state index in [4.69, 9.17) is 5.73 Å². The van der Waals surface area contributed by atoms with Gasteiger partial charge in [0.25, 0.3) is 0 Å². The van der Waals surface area contributed by atoms with Gasteiger partial charge in [-0.15, -0.1) is 0 Å². The summed E-state index contributed by atoms with van der Waals surface area (Å²) in [7, 11) is 0. The molecule has 3 N–H and O–H groups in total. The summed E-state index contributed by atoms with van der Waals surface area (Å²) in [6.07, 6.45) is 0.285. The normalized spacial score (nSPS) is 14.1. The van der Waals surface area contributed by atoms with E-state index in [1.54, 1.807) is 0 Å². The van der Waals surface area contributed by atoms with E-state index in [1.807, 2.05) is 24.3 Å². The number of thioether (sulfide) groups is 1. The van der Waals surface area contributed by atoms with E-state index in [2.05, 4.69) is 5.32 Å². The zero-order valence-electron chi connectivity index (χ0n) is 11.5. The fourth-order valence-electron chi connectivity index (χ4n) is 2.07. The summed E-state index contributed by atoms with van der Waals surface area (Å²) in [6, 6.07) is 7.44. The molecule has 1 heterocycles. The van der Waals surface area contributed by atoms with Gasteiger partial charge < -0.3 is 16.0 Å². The Labute approximate surface area is 127 Å². The molecule has 7 heteroatoms. The molecule has 0 saturated heterocycles. The van der Waals surface area contributed by atoms with Gasteiger partial charge in [0.1, 0.15) is 6.54 Å². The van der Waals surface area contributed by atoms with E-state index in [9.17, 15) is 14.4 Å². The number of fused-ring (bicyclic) bond motifs is 1. The van der Waals surface area contributed by atoms with Crippen LogP contribution in [0.5, 0.6) is 0 Å². The minimum Gasteiger partial charge on any atom is -0.369 e. The molecule has 3 amide bonds. The molecular weight excluding hydrogens is 290 g/mol. The number of para-hydroxylation sites is 1. The van der Waals surface area contributed by atoms with Gasteiger partial charge in [0.2, 0.25) is 17.7 Å². The Bertz CT molecular complexity index is 562. The number of rotatable bonds is 5. The van der Waals surface area contributed by atoms with Gasteiger partial charge in [-0.25, -0.2) is 0 Å². The van der Waals surface area contributed by atoms with Crippen LogP contribution in [0.15, 0.2) is 24.3 Å². The summed E-state index contributed by atoms with van der Waals surface area (Å²) >= 11 is 1.32. The van der Waals surface area contributed by atoms with Crippen molar-refractivity contribution in [3.8, 4) is 0 Å². The van der Waals surface area contributed by atoms with Crippen molar-refractivity contribution < 1.29 is 14.4 Å². The van der Waals surface area contributed by atoms with Gasteiger partial charge in [-0.1, -0.05) is 18.2 Å². The van der Waals surface area contributed by atoms with Gasteiger partial charge in [0.15, 0.2) is 0 Å². The van der Waals surface area contributed by atoms with Crippen LogP contribution in [-0.4, -0.2) is 40.7 Å².